The van der Waals surface area contributed by atoms with Crippen molar-refractivity contribution in [2.75, 3.05) is 126 Å². The predicted molar refractivity (Wildman–Crippen MR) is 165 cm³/mol. The van der Waals surface area contributed by atoms with Gasteiger partial charge in [0.2, 0.25) is 5.91 Å². The van der Waals surface area contributed by atoms with E-state index in [1.165, 1.54) is 0 Å². The Kier molecular flexibility index (Phi) is 34.8. The number of carbonyl (C=O) groups excluding carboxylic acids is 1. The van der Waals surface area contributed by atoms with Crippen LogP contribution in [0.4, 0.5) is 0 Å². The van der Waals surface area contributed by atoms with Gasteiger partial charge in [-0.15, -0.1) is 0 Å². The number of rotatable bonds is 36. The molecule has 0 aromatic rings. The second-order valence-corrected chi connectivity index (χ2v) is 10.1. The molecule has 12 nitrogen and oxygen atoms in total. The zero-order valence-corrected chi connectivity index (χ0v) is 27.4. The van der Waals surface area contributed by atoms with Gasteiger partial charge in [-0.05, 0) is 51.4 Å². The van der Waals surface area contributed by atoms with Gasteiger partial charge in [0.15, 0.2) is 0 Å². The van der Waals surface area contributed by atoms with Gasteiger partial charge in [0.25, 0.3) is 0 Å². The molecule has 0 heterocycles. The van der Waals surface area contributed by atoms with Gasteiger partial charge in [-0.25, -0.2) is 0 Å². The molecule has 0 fully saturated rings. The number of carbonyl (C=O) groups is 1. The van der Waals surface area contributed by atoms with Gasteiger partial charge < -0.3 is 53.1 Å². The maximum absolute atomic E-state index is 12.1. The Balaban J connectivity index is 3.33. The summed E-state index contributed by atoms with van der Waals surface area (Å²) in [5.74, 6) is 0.461. The van der Waals surface area contributed by atoms with Crippen LogP contribution in [0.1, 0.15) is 58.8 Å². The zero-order chi connectivity index (χ0) is 31.5. The van der Waals surface area contributed by atoms with Gasteiger partial charge >= 0.3 is 0 Å². The minimum Gasteiger partial charge on any atom is -0.396 e. The number of hydrogen-bond donors (Lipinski definition) is 2. The molecule has 0 aromatic heterocycles. The lowest BCUT2D eigenvalue weighted by atomic mass is 9.91. The fourth-order valence-corrected chi connectivity index (χ4v) is 3.87. The van der Waals surface area contributed by atoms with Gasteiger partial charge in [0, 0.05) is 33.3 Å². The summed E-state index contributed by atoms with van der Waals surface area (Å²) < 4.78 is 48.9. The SMILES string of the molecule is CCCOCCOCCOCCOCCOCCOCCOCCOCCNC(=O)CCC(CCCO)CCC(C)OC. The molecule has 0 bridgehead atoms. The number of amides is 1. The number of methoxy groups -OCH3 is 1. The third kappa shape index (κ3) is 33.8. The molecule has 2 N–H and O–H groups in total. The molecule has 43 heavy (non-hydrogen) atoms. The zero-order valence-electron chi connectivity index (χ0n) is 27.4. The standard InChI is InChI=1S/C31H63NO11/c1-4-13-36-15-17-38-19-21-40-23-25-42-27-28-43-26-24-41-22-20-39-18-16-37-14-11-32-31(34)10-9-30(6-5-12-33)8-7-29(2)35-3/h29-30,33H,4-28H2,1-3H3,(H,32,34). The third-order valence-corrected chi connectivity index (χ3v) is 6.46. The molecule has 12 heteroatoms. The highest BCUT2D eigenvalue weighted by Gasteiger charge is 2.13. The van der Waals surface area contributed by atoms with Crippen LogP contribution in [-0.4, -0.2) is 143 Å². The van der Waals surface area contributed by atoms with E-state index in [0.717, 1.165) is 45.1 Å². The molecule has 2 unspecified atom stereocenters. The average Bonchev–Trinajstić information content (AvgIpc) is 3.02. The maximum Gasteiger partial charge on any atom is 0.220 e. The lowest BCUT2D eigenvalue weighted by Gasteiger charge is -2.18. The van der Waals surface area contributed by atoms with Crippen molar-refractivity contribution < 1.29 is 52.5 Å². The molecule has 258 valence electrons. The summed E-state index contributed by atoms with van der Waals surface area (Å²) in [5, 5.41) is 12.0. The van der Waals surface area contributed by atoms with Gasteiger partial charge in [-0.1, -0.05) is 6.92 Å². The molecule has 1 amide bonds. The van der Waals surface area contributed by atoms with E-state index >= 15 is 0 Å². The van der Waals surface area contributed by atoms with Crippen LogP contribution in [0.5, 0.6) is 0 Å². The first-order chi connectivity index (χ1) is 21.1. The summed E-state index contributed by atoms with van der Waals surface area (Å²) in [5.41, 5.74) is 0. The highest BCUT2D eigenvalue weighted by molar-refractivity contribution is 5.75. The molecule has 0 spiro atoms. The largest absolute Gasteiger partial charge is 0.396 e. The van der Waals surface area contributed by atoms with Crippen molar-refractivity contribution in [2.45, 2.75) is 64.9 Å². The Labute approximate surface area is 260 Å². The van der Waals surface area contributed by atoms with Gasteiger partial charge in [-0.2, -0.15) is 0 Å². The number of nitrogens with one attached hydrogen (secondary N) is 1. The van der Waals surface area contributed by atoms with Crippen molar-refractivity contribution in [3.8, 4) is 0 Å². The van der Waals surface area contributed by atoms with Crippen molar-refractivity contribution in [3.05, 3.63) is 0 Å². The molecule has 0 rings (SSSR count). The molecule has 0 aliphatic carbocycles. The van der Waals surface area contributed by atoms with E-state index in [1.807, 2.05) is 0 Å². The highest BCUT2D eigenvalue weighted by Crippen LogP contribution is 2.21. The van der Waals surface area contributed by atoms with Gasteiger partial charge in [0.1, 0.15) is 0 Å². The average molecular weight is 626 g/mol. The molecule has 0 aliphatic rings. The molecule has 0 saturated heterocycles. The minimum atomic E-state index is 0.0361. The Hall–Kier alpha value is -0.930. The summed E-state index contributed by atoms with van der Waals surface area (Å²) in [4.78, 5) is 12.1. The van der Waals surface area contributed by atoms with E-state index in [2.05, 4.69) is 19.2 Å². The quantitative estimate of drug-likeness (QED) is 0.0996. The van der Waals surface area contributed by atoms with E-state index in [0.29, 0.717) is 118 Å². The molecular formula is C31H63NO11. The lowest BCUT2D eigenvalue weighted by molar-refractivity contribution is -0.121. The van der Waals surface area contributed by atoms with Crippen LogP contribution in [0, 0.1) is 5.92 Å². The normalized spacial score (nSPS) is 12.9. The monoisotopic (exact) mass is 625 g/mol. The molecular weight excluding hydrogens is 562 g/mol. The van der Waals surface area contributed by atoms with E-state index in [9.17, 15) is 4.79 Å². The second-order valence-electron chi connectivity index (χ2n) is 10.1. The van der Waals surface area contributed by atoms with Crippen LogP contribution in [0.2, 0.25) is 0 Å². The Morgan fingerprint density at radius 3 is 1.42 bits per heavy atom. The lowest BCUT2D eigenvalue weighted by Crippen LogP contribution is -2.28. The van der Waals surface area contributed by atoms with Crippen LogP contribution in [0.25, 0.3) is 0 Å². The van der Waals surface area contributed by atoms with Gasteiger partial charge in [-0.3, -0.25) is 4.79 Å². The Bertz CT molecular complexity index is 560. The topological polar surface area (TPSA) is 132 Å². The van der Waals surface area contributed by atoms with Crippen molar-refractivity contribution in [3.63, 3.8) is 0 Å². The fraction of sp³-hybridized carbons (Fsp3) is 0.968. The number of ether oxygens (including phenoxy) is 9. The Morgan fingerprint density at radius 1 is 0.605 bits per heavy atom. The number of aliphatic hydroxyl groups excluding tert-OH is 1. The van der Waals surface area contributed by atoms with Crippen LogP contribution in [0.15, 0.2) is 0 Å². The minimum absolute atomic E-state index is 0.0361. The summed E-state index contributed by atoms with van der Waals surface area (Å²) in [6.45, 7) is 13.4. The summed E-state index contributed by atoms with van der Waals surface area (Å²) in [7, 11) is 1.72. The highest BCUT2D eigenvalue weighted by atomic mass is 16.6. The fourth-order valence-electron chi connectivity index (χ4n) is 3.87. The van der Waals surface area contributed by atoms with Crippen LogP contribution in [-0.2, 0) is 47.4 Å². The number of aliphatic hydroxyl groups is 1. The van der Waals surface area contributed by atoms with E-state index in [4.69, 9.17) is 47.7 Å². The van der Waals surface area contributed by atoms with E-state index < -0.39 is 0 Å². The van der Waals surface area contributed by atoms with E-state index in [1.54, 1.807) is 7.11 Å². The van der Waals surface area contributed by atoms with Crippen LogP contribution >= 0.6 is 0 Å². The molecule has 0 saturated carbocycles. The molecule has 2 atom stereocenters. The first kappa shape index (κ1) is 42.1. The van der Waals surface area contributed by atoms with Crippen LogP contribution < -0.4 is 5.32 Å². The molecule has 0 radical (unpaired) electrons. The molecule has 0 aromatic carbocycles. The van der Waals surface area contributed by atoms with Crippen molar-refractivity contribution in [1.29, 1.82) is 0 Å². The predicted octanol–water partition coefficient (Wildman–Crippen LogP) is 2.63. The second kappa shape index (κ2) is 35.5. The maximum atomic E-state index is 12.1. The third-order valence-electron chi connectivity index (χ3n) is 6.46. The van der Waals surface area contributed by atoms with Gasteiger partial charge in [0.05, 0.1) is 105 Å². The van der Waals surface area contributed by atoms with Crippen molar-refractivity contribution in [1.82, 2.24) is 5.32 Å². The Morgan fingerprint density at radius 2 is 1.02 bits per heavy atom. The smallest absolute Gasteiger partial charge is 0.220 e. The first-order valence-electron chi connectivity index (χ1n) is 16.2. The number of hydrogen-bond acceptors (Lipinski definition) is 11. The van der Waals surface area contributed by atoms with Crippen molar-refractivity contribution in [2.24, 2.45) is 5.92 Å². The molecule has 0 aliphatic heterocycles. The summed E-state index contributed by atoms with van der Waals surface area (Å²) in [6.07, 6.45) is 6.22. The first-order valence-corrected chi connectivity index (χ1v) is 16.2. The summed E-state index contributed by atoms with van der Waals surface area (Å²) in [6, 6.07) is 0. The van der Waals surface area contributed by atoms with Crippen molar-refractivity contribution >= 4 is 5.91 Å². The summed E-state index contributed by atoms with van der Waals surface area (Å²) >= 11 is 0. The van der Waals surface area contributed by atoms with Crippen LogP contribution in [0.3, 0.4) is 0 Å². The van der Waals surface area contributed by atoms with E-state index in [-0.39, 0.29) is 18.6 Å².